The van der Waals surface area contributed by atoms with E-state index in [1.807, 2.05) is 0 Å². The lowest BCUT2D eigenvalue weighted by Gasteiger charge is -2.73. The van der Waals surface area contributed by atoms with Crippen molar-refractivity contribution in [1.29, 1.82) is 0 Å². The van der Waals surface area contributed by atoms with Crippen molar-refractivity contribution in [3.8, 4) is 0 Å². The van der Waals surface area contributed by atoms with Crippen LogP contribution in [0, 0.1) is 56.7 Å². The van der Waals surface area contributed by atoms with E-state index in [0.29, 0.717) is 29.6 Å². The van der Waals surface area contributed by atoms with E-state index in [1.54, 1.807) is 14.0 Å². The first-order valence-corrected chi connectivity index (χ1v) is 17.6. The summed E-state index contributed by atoms with van der Waals surface area (Å²) in [6.07, 6.45) is 5.43. The number of aliphatic hydroxyl groups is 3. The molecule has 6 aliphatic rings. The van der Waals surface area contributed by atoms with Crippen LogP contribution in [-0.4, -0.2) is 65.2 Å². The maximum absolute atomic E-state index is 13.5. The molecule has 0 aromatic rings. The minimum Gasteiger partial charge on any atom is -0.469 e. The molecule has 0 radical (unpaired) electrons. The molecule has 7 nitrogen and oxygen atoms in total. The molecule has 1 aliphatic heterocycles. The van der Waals surface area contributed by atoms with Gasteiger partial charge in [-0.1, -0.05) is 46.8 Å². The van der Waals surface area contributed by atoms with Crippen LogP contribution in [0.1, 0.15) is 113 Å². The third-order valence-electron chi connectivity index (χ3n) is 15.6. The Morgan fingerprint density at radius 2 is 1.59 bits per heavy atom. The predicted octanol–water partition coefficient (Wildman–Crippen LogP) is 6.03. The zero-order valence-electron chi connectivity index (χ0n) is 28.6. The van der Waals surface area contributed by atoms with Crippen LogP contribution in [0.2, 0.25) is 0 Å². The quantitative estimate of drug-likeness (QED) is 0.256. The second kappa shape index (κ2) is 10.8. The van der Waals surface area contributed by atoms with Crippen molar-refractivity contribution < 1.29 is 34.3 Å². The van der Waals surface area contributed by atoms with E-state index in [1.165, 1.54) is 18.4 Å². The number of ether oxygens (including phenoxy) is 3. The van der Waals surface area contributed by atoms with Gasteiger partial charge in [0.05, 0.1) is 24.7 Å². The topological polar surface area (TPSA) is 105 Å². The summed E-state index contributed by atoms with van der Waals surface area (Å²) >= 11 is 0. The molecule has 7 heteroatoms. The van der Waals surface area contributed by atoms with Crippen molar-refractivity contribution in [1.82, 2.24) is 0 Å². The average molecular weight is 617 g/mol. The third kappa shape index (κ3) is 4.27. The van der Waals surface area contributed by atoms with Crippen LogP contribution in [0.4, 0.5) is 0 Å². The highest BCUT2D eigenvalue weighted by molar-refractivity contribution is 5.78. The van der Waals surface area contributed by atoms with Crippen molar-refractivity contribution >= 4 is 5.97 Å². The summed E-state index contributed by atoms with van der Waals surface area (Å²) in [5.74, 6) is 2.24. The number of rotatable bonds is 5. The van der Waals surface area contributed by atoms with E-state index in [2.05, 4.69) is 48.1 Å². The van der Waals surface area contributed by atoms with Crippen LogP contribution in [0.25, 0.3) is 0 Å². The van der Waals surface area contributed by atoms with E-state index in [4.69, 9.17) is 14.2 Å². The van der Waals surface area contributed by atoms with Crippen molar-refractivity contribution in [2.75, 3.05) is 7.11 Å². The van der Waals surface area contributed by atoms with Crippen LogP contribution in [0.3, 0.4) is 0 Å². The summed E-state index contributed by atoms with van der Waals surface area (Å²) in [5.41, 5.74) is 1.20. The van der Waals surface area contributed by atoms with Crippen LogP contribution >= 0.6 is 0 Å². The number of aliphatic hydroxyl groups excluding tert-OH is 3. The molecule has 1 heterocycles. The summed E-state index contributed by atoms with van der Waals surface area (Å²) in [6.45, 7) is 20.6. The smallest absolute Gasteiger partial charge is 0.312 e. The Bertz CT molecular complexity index is 1150. The first-order valence-electron chi connectivity index (χ1n) is 17.6. The Kier molecular flexibility index (Phi) is 8.06. The van der Waals surface area contributed by atoms with Gasteiger partial charge in [-0.25, -0.2) is 0 Å². The summed E-state index contributed by atoms with van der Waals surface area (Å²) < 4.78 is 17.9. The first-order chi connectivity index (χ1) is 20.5. The molecule has 1 saturated heterocycles. The van der Waals surface area contributed by atoms with Crippen molar-refractivity contribution in [3.05, 3.63) is 12.2 Å². The van der Waals surface area contributed by atoms with Crippen LogP contribution in [0.15, 0.2) is 12.2 Å². The Morgan fingerprint density at radius 3 is 2.20 bits per heavy atom. The SMILES string of the molecule is C=C(C)[C@@H]1CC[C@]2(C(=O)OC)CC[C@]3(C)[C@H](CC[C@@H]4[C@@]5(C)CC[C@@H](O[C@@H]6O[C@@H]([C@@H](C)O)[C@H](O)[C@H]6O)C(C)(C)[C@@H]5CC[C@]43C)[C@@H]12. The number of hydrogen-bond donors (Lipinski definition) is 3. The molecule has 0 aromatic heterocycles. The van der Waals surface area contributed by atoms with Gasteiger partial charge in [0, 0.05) is 0 Å². The van der Waals surface area contributed by atoms with Gasteiger partial charge in [0.25, 0.3) is 0 Å². The van der Waals surface area contributed by atoms with Crippen LogP contribution in [0.5, 0.6) is 0 Å². The van der Waals surface area contributed by atoms with Gasteiger partial charge in [0.2, 0.25) is 0 Å². The standard InChI is InChI=1S/C37H60O7/c1-20(2)22-12-17-37(32(41)42-9)19-18-35(7)23(27(22)37)10-11-25-34(6)15-14-26(33(4,5)24(34)13-16-36(25,35)8)43-31-29(40)28(39)30(44-31)21(3)38/h21-31,38-40H,1,10-19H2,2-9H3/t21-,22+,23-,24+,25-,26-,27-,28-,29-,30+,31-,34+,35-,36-,37+/m1/s1. The van der Waals surface area contributed by atoms with Gasteiger partial charge in [-0.3, -0.25) is 4.79 Å². The largest absolute Gasteiger partial charge is 0.469 e. The van der Waals surface area contributed by atoms with E-state index >= 15 is 0 Å². The summed E-state index contributed by atoms with van der Waals surface area (Å²) in [5, 5.41) is 31.3. The maximum Gasteiger partial charge on any atom is 0.312 e. The number of carbonyl (C=O) groups excluding carboxylic acids is 1. The van der Waals surface area contributed by atoms with Crippen LogP contribution < -0.4 is 0 Å². The zero-order valence-corrected chi connectivity index (χ0v) is 28.6. The fourth-order valence-electron chi connectivity index (χ4n) is 13.3. The number of hydrogen-bond acceptors (Lipinski definition) is 7. The molecule has 0 spiro atoms. The highest BCUT2D eigenvalue weighted by atomic mass is 16.7. The van der Waals surface area contributed by atoms with E-state index in [-0.39, 0.29) is 39.1 Å². The van der Waals surface area contributed by atoms with Gasteiger partial charge < -0.3 is 29.5 Å². The fraction of sp³-hybridized carbons (Fsp3) is 0.919. The highest BCUT2D eigenvalue weighted by Crippen LogP contribution is 2.77. The fourth-order valence-corrected chi connectivity index (χ4v) is 13.3. The second-order valence-corrected chi connectivity index (χ2v) is 17.5. The van der Waals surface area contributed by atoms with Crippen molar-refractivity contribution in [2.24, 2.45) is 56.7 Å². The third-order valence-corrected chi connectivity index (χ3v) is 15.6. The zero-order chi connectivity index (χ0) is 32.2. The van der Waals surface area contributed by atoms with Crippen molar-refractivity contribution in [3.63, 3.8) is 0 Å². The van der Waals surface area contributed by atoms with Gasteiger partial charge in [-0.2, -0.15) is 0 Å². The van der Waals surface area contributed by atoms with Gasteiger partial charge in [0.1, 0.15) is 18.3 Å². The average Bonchev–Trinajstić information content (AvgIpc) is 3.49. The lowest BCUT2D eigenvalue weighted by atomic mass is 9.32. The first kappa shape index (κ1) is 32.9. The molecular formula is C37H60O7. The van der Waals surface area contributed by atoms with E-state index in [0.717, 1.165) is 51.4 Å². The van der Waals surface area contributed by atoms with Crippen molar-refractivity contribution in [2.45, 2.75) is 149 Å². The molecule has 44 heavy (non-hydrogen) atoms. The molecule has 5 saturated carbocycles. The Labute approximate surface area is 265 Å². The molecule has 0 unspecified atom stereocenters. The van der Waals surface area contributed by atoms with E-state index in [9.17, 15) is 20.1 Å². The van der Waals surface area contributed by atoms with Crippen LogP contribution in [-0.2, 0) is 19.0 Å². The number of carbonyl (C=O) groups is 1. The molecule has 15 atom stereocenters. The molecule has 6 rings (SSSR count). The molecule has 5 aliphatic carbocycles. The molecule has 250 valence electrons. The number of fused-ring (bicyclic) bond motifs is 7. The summed E-state index contributed by atoms with van der Waals surface area (Å²) in [4.78, 5) is 13.5. The summed E-state index contributed by atoms with van der Waals surface area (Å²) in [6, 6.07) is 0. The highest BCUT2D eigenvalue weighted by Gasteiger charge is 2.72. The normalized spacial score (nSPS) is 53.5. The van der Waals surface area contributed by atoms with Gasteiger partial charge in [-0.05, 0) is 129 Å². The van der Waals surface area contributed by atoms with Gasteiger partial charge in [0.15, 0.2) is 6.29 Å². The molecule has 0 bridgehead atoms. The molecule has 0 amide bonds. The lowest BCUT2D eigenvalue weighted by Crippen LogP contribution is -2.67. The minimum atomic E-state index is -1.18. The molecule has 0 aromatic carbocycles. The Morgan fingerprint density at radius 1 is 0.886 bits per heavy atom. The molecule has 3 N–H and O–H groups in total. The maximum atomic E-state index is 13.5. The lowest BCUT2D eigenvalue weighted by molar-refractivity contribution is -0.275. The Balaban J connectivity index is 1.27. The predicted molar refractivity (Wildman–Crippen MR) is 168 cm³/mol. The van der Waals surface area contributed by atoms with E-state index < -0.39 is 30.7 Å². The second-order valence-electron chi connectivity index (χ2n) is 17.5. The summed E-state index contributed by atoms with van der Waals surface area (Å²) in [7, 11) is 1.57. The number of methoxy groups -OCH3 is 1. The number of esters is 1. The van der Waals surface area contributed by atoms with Gasteiger partial charge in [-0.15, -0.1) is 0 Å². The molecular weight excluding hydrogens is 556 g/mol. The molecule has 6 fully saturated rings. The Hall–Kier alpha value is -0.990. The minimum absolute atomic E-state index is 0.0139. The number of allylic oxidation sites excluding steroid dienone is 1. The monoisotopic (exact) mass is 616 g/mol. The van der Waals surface area contributed by atoms with Gasteiger partial charge >= 0.3 is 5.97 Å².